The molecule has 1 aromatic heterocycles. The van der Waals surface area contributed by atoms with Gasteiger partial charge in [-0.3, -0.25) is 4.90 Å². The van der Waals surface area contributed by atoms with E-state index in [1.807, 2.05) is 39.0 Å². The van der Waals surface area contributed by atoms with Crippen LogP contribution in [0.3, 0.4) is 0 Å². The minimum Gasteiger partial charge on any atom is -0.441 e. The minimum atomic E-state index is -0.449. The molecule has 1 aliphatic heterocycles. The average Bonchev–Trinajstić information content (AvgIpc) is 3.03. The van der Waals surface area contributed by atoms with E-state index in [0.29, 0.717) is 25.5 Å². The Morgan fingerprint density at radius 1 is 1.29 bits per heavy atom. The van der Waals surface area contributed by atoms with Crippen molar-refractivity contribution in [3.05, 3.63) is 41.3 Å². The Morgan fingerprint density at radius 3 is 2.75 bits per heavy atom. The maximum absolute atomic E-state index is 10.2. The van der Waals surface area contributed by atoms with E-state index in [-0.39, 0.29) is 12.2 Å². The van der Waals surface area contributed by atoms with Crippen molar-refractivity contribution in [3.8, 4) is 11.5 Å². The lowest BCUT2D eigenvalue weighted by Gasteiger charge is -2.17. The quantitative estimate of drug-likeness (QED) is 0.913. The first-order chi connectivity index (χ1) is 11.4. The first-order valence-electron chi connectivity index (χ1n) is 8.52. The summed E-state index contributed by atoms with van der Waals surface area (Å²) >= 11 is 0. The van der Waals surface area contributed by atoms with Crippen molar-refractivity contribution in [2.75, 3.05) is 13.1 Å². The molecule has 1 N–H and O–H groups in total. The van der Waals surface area contributed by atoms with Crippen LogP contribution in [0.1, 0.15) is 30.9 Å². The molecule has 5 nitrogen and oxygen atoms in total. The van der Waals surface area contributed by atoms with Gasteiger partial charge >= 0.3 is 0 Å². The van der Waals surface area contributed by atoms with Gasteiger partial charge in [0.25, 0.3) is 0 Å². The number of aryl methyl sites for hydroxylation is 2. The minimum absolute atomic E-state index is 0.117. The summed E-state index contributed by atoms with van der Waals surface area (Å²) in [4.78, 5) is 6.86. The third-order valence-electron chi connectivity index (χ3n) is 4.40. The van der Waals surface area contributed by atoms with Gasteiger partial charge in [-0.05, 0) is 39.3 Å². The third kappa shape index (κ3) is 3.69. The Labute approximate surface area is 143 Å². The van der Waals surface area contributed by atoms with Crippen molar-refractivity contribution in [3.63, 3.8) is 0 Å². The summed E-state index contributed by atoms with van der Waals surface area (Å²) in [5.41, 5.74) is 3.09. The van der Waals surface area contributed by atoms with E-state index >= 15 is 0 Å². The zero-order valence-electron chi connectivity index (χ0n) is 14.8. The summed E-state index contributed by atoms with van der Waals surface area (Å²) < 4.78 is 11.7. The Kier molecular flexibility index (Phi) is 5.04. The van der Waals surface area contributed by atoms with Crippen LogP contribution in [0, 0.1) is 13.8 Å². The van der Waals surface area contributed by atoms with E-state index < -0.39 is 6.10 Å². The number of benzene rings is 1. The number of aromatic nitrogens is 1. The van der Waals surface area contributed by atoms with Gasteiger partial charge in [-0.1, -0.05) is 18.2 Å². The number of hydrogen-bond acceptors (Lipinski definition) is 5. The molecule has 24 heavy (non-hydrogen) atoms. The van der Waals surface area contributed by atoms with Crippen molar-refractivity contribution >= 4 is 0 Å². The highest BCUT2D eigenvalue weighted by atomic mass is 16.5. The topological polar surface area (TPSA) is 58.7 Å². The highest BCUT2D eigenvalue weighted by Gasteiger charge is 2.33. The van der Waals surface area contributed by atoms with E-state index in [4.69, 9.17) is 9.15 Å². The molecule has 0 saturated carbocycles. The molecule has 5 heteroatoms. The van der Waals surface area contributed by atoms with E-state index in [9.17, 15) is 5.11 Å². The van der Waals surface area contributed by atoms with Gasteiger partial charge in [0.2, 0.25) is 5.89 Å². The molecular weight excluding hydrogens is 304 g/mol. The first-order valence-corrected chi connectivity index (χ1v) is 8.52. The van der Waals surface area contributed by atoms with E-state index in [1.54, 1.807) is 0 Å². The largest absolute Gasteiger partial charge is 0.441 e. The number of ether oxygens (including phenoxy) is 1. The summed E-state index contributed by atoms with van der Waals surface area (Å²) in [5.74, 6) is 1.49. The van der Waals surface area contributed by atoms with Crippen molar-refractivity contribution < 1.29 is 14.3 Å². The number of hydrogen-bond donors (Lipinski definition) is 1. The van der Waals surface area contributed by atoms with Crippen LogP contribution in [-0.2, 0) is 11.3 Å². The summed E-state index contributed by atoms with van der Waals surface area (Å²) in [6.07, 6.45) is -0.463. The van der Waals surface area contributed by atoms with Crippen molar-refractivity contribution in [1.29, 1.82) is 0 Å². The number of aliphatic hydroxyl groups excluding tert-OH is 1. The molecule has 2 heterocycles. The zero-order valence-corrected chi connectivity index (χ0v) is 14.8. The van der Waals surface area contributed by atoms with E-state index in [2.05, 4.69) is 22.9 Å². The fourth-order valence-electron chi connectivity index (χ4n) is 3.16. The maximum atomic E-state index is 10.2. The van der Waals surface area contributed by atoms with E-state index in [1.165, 1.54) is 0 Å². The van der Waals surface area contributed by atoms with Crippen LogP contribution in [0.4, 0.5) is 0 Å². The van der Waals surface area contributed by atoms with Gasteiger partial charge < -0.3 is 14.3 Å². The molecule has 0 bridgehead atoms. The molecule has 0 radical (unpaired) electrons. The predicted octanol–water partition coefficient (Wildman–Crippen LogP) is 2.93. The van der Waals surface area contributed by atoms with Gasteiger partial charge in [0, 0.05) is 25.2 Å². The lowest BCUT2D eigenvalue weighted by atomic mass is 10.1. The van der Waals surface area contributed by atoms with Crippen LogP contribution in [-0.4, -0.2) is 46.4 Å². The lowest BCUT2D eigenvalue weighted by molar-refractivity contribution is -0.0396. The predicted molar refractivity (Wildman–Crippen MR) is 92.7 cm³/mol. The molecule has 1 aromatic carbocycles. The number of rotatable bonds is 5. The van der Waals surface area contributed by atoms with Gasteiger partial charge in [0.05, 0.1) is 24.0 Å². The Hall–Kier alpha value is -1.69. The number of aliphatic hydroxyl groups is 1. The van der Waals surface area contributed by atoms with Crippen LogP contribution >= 0.6 is 0 Å². The molecule has 2 atom stereocenters. The number of oxazole rings is 1. The number of β-amino-alcohol motifs (C(OH)–C–C–N with tert-alkyl or cyclic N) is 1. The standard InChI is InChI=1S/C19H26N2O3/c1-12(2)23-18-11-21(10-17(18)22)9-16-14(4)24-19(20-16)15-8-6-5-7-13(15)3/h5-8,12,17-18,22H,9-11H2,1-4H3/t17-,18-/m1/s1. The summed E-state index contributed by atoms with van der Waals surface area (Å²) in [6.45, 7) is 9.96. The van der Waals surface area contributed by atoms with Crippen molar-refractivity contribution in [2.24, 2.45) is 0 Å². The summed E-state index contributed by atoms with van der Waals surface area (Å²) in [5, 5.41) is 10.2. The third-order valence-corrected chi connectivity index (χ3v) is 4.40. The molecule has 0 spiro atoms. The van der Waals surface area contributed by atoms with Gasteiger partial charge in [-0.25, -0.2) is 4.98 Å². The highest BCUT2D eigenvalue weighted by Crippen LogP contribution is 2.26. The molecule has 0 amide bonds. The molecular formula is C19H26N2O3. The first kappa shape index (κ1) is 17.1. The van der Waals surface area contributed by atoms with Gasteiger partial charge in [0.15, 0.2) is 0 Å². The maximum Gasteiger partial charge on any atom is 0.226 e. The van der Waals surface area contributed by atoms with Gasteiger partial charge in [-0.15, -0.1) is 0 Å². The molecule has 1 aliphatic rings. The Bertz CT molecular complexity index is 696. The molecule has 1 fully saturated rings. The van der Waals surface area contributed by atoms with Gasteiger partial charge in [0.1, 0.15) is 5.76 Å². The molecule has 0 unspecified atom stereocenters. The molecule has 1 saturated heterocycles. The van der Waals surface area contributed by atoms with Crippen molar-refractivity contribution in [2.45, 2.75) is 52.6 Å². The summed E-state index contributed by atoms with van der Waals surface area (Å²) in [6, 6.07) is 8.08. The van der Waals surface area contributed by atoms with Crippen LogP contribution in [0.5, 0.6) is 0 Å². The highest BCUT2D eigenvalue weighted by molar-refractivity contribution is 5.58. The van der Waals surface area contributed by atoms with Crippen molar-refractivity contribution in [1.82, 2.24) is 9.88 Å². The van der Waals surface area contributed by atoms with Crippen LogP contribution in [0.15, 0.2) is 28.7 Å². The lowest BCUT2D eigenvalue weighted by Crippen LogP contribution is -2.29. The second kappa shape index (κ2) is 7.05. The fraction of sp³-hybridized carbons (Fsp3) is 0.526. The Balaban J connectivity index is 1.72. The molecule has 0 aliphatic carbocycles. The van der Waals surface area contributed by atoms with Crippen LogP contribution < -0.4 is 0 Å². The monoisotopic (exact) mass is 330 g/mol. The smallest absolute Gasteiger partial charge is 0.226 e. The number of nitrogens with zero attached hydrogens (tertiary/aromatic N) is 2. The molecule has 130 valence electrons. The molecule has 3 rings (SSSR count). The zero-order chi connectivity index (χ0) is 17.3. The van der Waals surface area contributed by atoms with Crippen LogP contribution in [0.2, 0.25) is 0 Å². The van der Waals surface area contributed by atoms with E-state index in [0.717, 1.165) is 22.6 Å². The molecule has 2 aromatic rings. The SMILES string of the molecule is Cc1ccccc1-c1nc(CN2C[C@@H](O)[C@H](OC(C)C)C2)c(C)o1. The van der Waals surface area contributed by atoms with Gasteiger partial charge in [-0.2, -0.15) is 0 Å². The normalized spacial score (nSPS) is 21.8. The van der Waals surface area contributed by atoms with Crippen LogP contribution in [0.25, 0.3) is 11.5 Å². The second-order valence-corrected chi connectivity index (χ2v) is 6.82. The summed E-state index contributed by atoms with van der Waals surface area (Å²) in [7, 11) is 0. The number of likely N-dealkylation sites (tertiary alicyclic amines) is 1. The Morgan fingerprint density at radius 2 is 2.04 bits per heavy atom. The second-order valence-electron chi connectivity index (χ2n) is 6.82. The fourth-order valence-corrected chi connectivity index (χ4v) is 3.16. The average molecular weight is 330 g/mol.